The standard InChI is InChI=1S/C22H22N2O8S/c25-19(22(28)29)24-20-18(21(26)27)14-7-13(31-10-17(14)33-20)8-23-15(16-9-30-11-32-16)6-12-4-2-1-3-5-12/h1-5,9,13,15,23H,6-8,10-11H2,(H,24,25)(H,26,27)(H,28,29). The number of carbonyl (C=O) groups excluding carboxylic acids is 1. The van der Waals surface area contributed by atoms with E-state index in [4.69, 9.17) is 19.3 Å². The van der Waals surface area contributed by atoms with Gasteiger partial charge in [0.05, 0.1) is 24.3 Å². The summed E-state index contributed by atoms with van der Waals surface area (Å²) < 4.78 is 16.7. The van der Waals surface area contributed by atoms with Gasteiger partial charge in [0.2, 0.25) is 6.79 Å². The number of amides is 1. The van der Waals surface area contributed by atoms with Gasteiger partial charge in [-0.1, -0.05) is 30.3 Å². The molecule has 0 saturated heterocycles. The number of hydrogen-bond acceptors (Lipinski definition) is 8. The fourth-order valence-electron chi connectivity index (χ4n) is 3.76. The predicted octanol–water partition coefficient (Wildman–Crippen LogP) is 1.96. The molecule has 2 aliphatic heterocycles. The molecule has 2 atom stereocenters. The van der Waals surface area contributed by atoms with Crippen molar-refractivity contribution in [2.24, 2.45) is 0 Å². The minimum atomic E-state index is -1.69. The van der Waals surface area contributed by atoms with Crippen molar-refractivity contribution in [3.63, 3.8) is 0 Å². The maximum absolute atomic E-state index is 11.9. The summed E-state index contributed by atoms with van der Waals surface area (Å²) in [5, 5.41) is 24.1. The number of carboxylic acids is 2. The molecule has 3 heterocycles. The summed E-state index contributed by atoms with van der Waals surface area (Å²) in [6.45, 7) is 0.748. The molecule has 2 unspecified atom stereocenters. The van der Waals surface area contributed by atoms with Gasteiger partial charge in [0.25, 0.3) is 0 Å². The van der Waals surface area contributed by atoms with Crippen molar-refractivity contribution >= 4 is 34.2 Å². The number of nitrogens with one attached hydrogen (secondary N) is 2. The molecule has 1 amide bonds. The van der Waals surface area contributed by atoms with Crippen LogP contribution in [0.25, 0.3) is 0 Å². The SMILES string of the molecule is O=C(O)C(=O)Nc1sc2c(c1C(=O)O)CC(CNC(Cc1ccccc1)C1=COCO1)OC2. The third kappa shape index (κ3) is 5.33. The van der Waals surface area contributed by atoms with Gasteiger partial charge >= 0.3 is 17.8 Å². The summed E-state index contributed by atoms with van der Waals surface area (Å²) in [5.41, 5.74) is 1.57. The summed E-state index contributed by atoms with van der Waals surface area (Å²) in [4.78, 5) is 34.9. The summed E-state index contributed by atoms with van der Waals surface area (Å²) in [5.74, 6) is -3.53. The first kappa shape index (κ1) is 22.8. The fraction of sp³-hybridized carbons (Fsp3) is 0.318. The molecule has 2 aromatic rings. The molecule has 0 bridgehead atoms. The van der Waals surface area contributed by atoms with Crippen LogP contribution in [0.1, 0.15) is 26.4 Å². The zero-order valence-electron chi connectivity index (χ0n) is 17.4. The maximum atomic E-state index is 11.9. The van der Waals surface area contributed by atoms with Crippen LogP contribution in [0.2, 0.25) is 0 Å². The number of carbonyl (C=O) groups is 3. The molecule has 1 aromatic heterocycles. The van der Waals surface area contributed by atoms with Crippen LogP contribution in [0.4, 0.5) is 5.00 Å². The molecule has 4 rings (SSSR count). The van der Waals surface area contributed by atoms with Gasteiger partial charge in [-0.15, -0.1) is 11.3 Å². The summed E-state index contributed by atoms with van der Waals surface area (Å²) in [7, 11) is 0. The Kier molecular flexibility index (Phi) is 6.92. The zero-order valence-corrected chi connectivity index (χ0v) is 18.2. The van der Waals surface area contributed by atoms with Crippen molar-refractivity contribution in [1.29, 1.82) is 0 Å². The van der Waals surface area contributed by atoms with E-state index in [-0.39, 0.29) is 36.1 Å². The molecule has 0 spiro atoms. The van der Waals surface area contributed by atoms with E-state index in [2.05, 4.69) is 10.6 Å². The van der Waals surface area contributed by atoms with Gasteiger partial charge in [-0.3, -0.25) is 4.79 Å². The average Bonchev–Trinajstić information content (AvgIpc) is 3.44. The summed E-state index contributed by atoms with van der Waals surface area (Å²) >= 11 is 1.02. The molecule has 10 nitrogen and oxygen atoms in total. The fourth-order valence-corrected chi connectivity index (χ4v) is 4.90. The van der Waals surface area contributed by atoms with E-state index < -0.39 is 17.8 Å². The van der Waals surface area contributed by atoms with E-state index in [0.29, 0.717) is 35.6 Å². The van der Waals surface area contributed by atoms with Crippen molar-refractivity contribution in [3.05, 3.63) is 63.9 Å². The highest BCUT2D eigenvalue weighted by molar-refractivity contribution is 7.17. The highest BCUT2D eigenvalue weighted by atomic mass is 32.1. The Bertz CT molecular complexity index is 1080. The third-order valence-corrected chi connectivity index (χ3v) is 6.44. The van der Waals surface area contributed by atoms with Crippen LogP contribution in [-0.2, 0) is 43.2 Å². The number of fused-ring (bicyclic) bond motifs is 1. The highest BCUT2D eigenvalue weighted by Gasteiger charge is 2.31. The first-order valence-electron chi connectivity index (χ1n) is 10.2. The quantitative estimate of drug-likeness (QED) is 0.422. The first-order valence-corrected chi connectivity index (χ1v) is 11.0. The normalized spacial score (nSPS) is 17.8. The van der Waals surface area contributed by atoms with Crippen molar-refractivity contribution < 1.29 is 38.8 Å². The first-order chi connectivity index (χ1) is 15.9. The lowest BCUT2D eigenvalue weighted by atomic mass is 10.00. The minimum absolute atomic E-state index is 0.000670. The molecule has 174 valence electrons. The van der Waals surface area contributed by atoms with Crippen molar-refractivity contribution in [3.8, 4) is 0 Å². The Labute approximate surface area is 192 Å². The molecule has 33 heavy (non-hydrogen) atoms. The Hall–Kier alpha value is -3.41. The smallest absolute Gasteiger partial charge is 0.394 e. The second kappa shape index (κ2) is 10.0. The number of ether oxygens (including phenoxy) is 3. The molecule has 4 N–H and O–H groups in total. The number of aromatic carboxylic acids is 1. The van der Waals surface area contributed by atoms with Crippen LogP contribution >= 0.6 is 11.3 Å². The lowest BCUT2D eigenvalue weighted by Gasteiger charge is -2.26. The summed E-state index contributed by atoms with van der Waals surface area (Å²) in [6, 6.07) is 9.75. The van der Waals surface area contributed by atoms with Gasteiger partial charge < -0.3 is 35.1 Å². The van der Waals surface area contributed by atoms with Crippen LogP contribution in [0.5, 0.6) is 0 Å². The van der Waals surface area contributed by atoms with Crippen molar-refractivity contribution in [2.75, 3.05) is 18.7 Å². The Morgan fingerprint density at radius 1 is 1.18 bits per heavy atom. The van der Waals surface area contributed by atoms with Crippen molar-refractivity contribution in [2.45, 2.75) is 31.6 Å². The number of aliphatic carboxylic acids is 1. The van der Waals surface area contributed by atoms with E-state index in [1.165, 1.54) is 0 Å². The second-order valence-corrected chi connectivity index (χ2v) is 8.61. The number of rotatable bonds is 8. The number of benzene rings is 1. The number of thiophene rings is 1. The van der Waals surface area contributed by atoms with Crippen molar-refractivity contribution in [1.82, 2.24) is 5.32 Å². The number of anilines is 1. The average molecular weight is 474 g/mol. The van der Waals surface area contributed by atoms with E-state index in [9.17, 15) is 19.5 Å². The van der Waals surface area contributed by atoms with Gasteiger partial charge in [0, 0.05) is 17.8 Å². The lowest BCUT2D eigenvalue weighted by molar-refractivity contribution is -0.147. The van der Waals surface area contributed by atoms with E-state index in [1.54, 1.807) is 6.26 Å². The van der Waals surface area contributed by atoms with Crippen LogP contribution in [0, 0.1) is 0 Å². The van der Waals surface area contributed by atoms with Gasteiger partial charge in [-0.25, -0.2) is 9.59 Å². The van der Waals surface area contributed by atoms with Crippen LogP contribution in [0.15, 0.2) is 42.4 Å². The summed E-state index contributed by atoms with van der Waals surface area (Å²) in [6.07, 6.45) is 2.23. The molecular weight excluding hydrogens is 452 g/mol. The van der Waals surface area contributed by atoms with Gasteiger partial charge in [-0.2, -0.15) is 0 Å². The molecule has 11 heteroatoms. The largest absolute Gasteiger partial charge is 0.478 e. The van der Waals surface area contributed by atoms with Crippen LogP contribution < -0.4 is 10.6 Å². The van der Waals surface area contributed by atoms with Gasteiger partial charge in [-0.05, 0) is 17.5 Å². The van der Waals surface area contributed by atoms with Crippen LogP contribution in [-0.4, -0.2) is 53.5 Å². The third-order valence-electron chi connectivity index (χ3n) is 5.32. The molecule has 0 aliphatic carbocycles. The zero-order chi connectivity index (χ0) is 23.4. The number of hydrogen-bond donors (Lipinski definition) is 4. The Balaban J connectivity index is 1.46. The molecule has 0 fully saturated rings. The maximum Gasteiger partial charge on any atom is 0.394 e. The minimum Gasteiger partial charge on any atom is -0.478 e. The molecule has 1 aromatic carbocycles. The topological polar surface area (TPSA) is 143 Å². The Morgan fingerprint density at radius 3 is 2.64 bits per heavy atom. The van der Waals surface area contributed by atoms with E-state index in [0.717, 1.165) is 16.9 Å². The molecular formula is C22H22N2O8S. The van der Waals surface area contributed by atoms with E-state index in [1.807, 2.05) is 30.3 Å². The molecule has 0 radical (unpaired) electrons. The van der Waals surface area contributed by atoms with Gasteiger partial charge in [0.1, 0.15) is 11.3 Å². The highest BCUT2D eigenvalue weighted by Crippen LogP contribution is 2.38. The van der Waals surface area contributed by atoms with Gasteiger partial charge in [0.15, 0.2) is 5.76 Å². The molecule has 0 saturated carbocycles. The van der Waals surface area contributed by atoms with Crippen LogP contribution in [0.3, 0.4) is 0 Å². The second-order valence-electron chi connectivity index (χ2n) is 7.51. The predicted molar refractivity (Wildman–Crippen MR) is 117 cm³/mol. The number of carboxylic acid groups (broad SMARTS) is 2. The monoisotopic (exact) mass is 474 g/mol. The Morgan fingerprint density at radius 2 is 1.97 bits per heavy atom. The lowest BCUT2D eigenvalue weighted by Crippen LogP contribution is -2.41. The molecule has 2 aliphatic rings. The van der Waals surface area contributed by atoms with E-state index >= 15 is 0 Å².